The first-order valence-electron chi connectivity index (χ1n) is 10.1. The fourth-order valence-electron chi connectivity index (χ4n) is 3.59. The number of imidazole rings is 1. The number of amides is 1. The van der Waals surface area contributed by atoms with Gasteiger partial charge >= 0.3 is 0 Å². The molecule has 9 heteroatoms. The van der Waals surface area contributed by atoms with Crippen LogP contribution in [0.5, 0.6) is 5.75 Å². The van der Waals surface area contributed by atoms with Crippen molar-refractivity contribution in [2.24, 2.45) is 0 Å². The van der Waals surface area contributed by atoms with E-state index in [9.17, 15) is 4.79 Å². The average Bonchev–Trinajstić information content (AvgIpc) is 3.19. The number of aromatic amines is 1. The Kier molecular flexibility index (Phi) is 6.63. The van der Waals surface area contributed by atoms with Gasteiger partial charge < -0.3 is 19.9 Å². The zero-order valence-electron chi connectivity index (χ0n) is 16.8. The Bertz CT molecular complexity index is 1080. The van der Waals surface area contributed by atoms with Gasteiger partial charge in [-0.3, -0.25) is 10.2 Å². The van der Waals surface area contributed by atoms with Crippen LogP contribution in [-0.4, -0.2) is 52.3 Å². The van der Waals surface area contributed by atoms with Gasteiger partial charge in [0, 0.05) is 35.6 Å². The zero-order valence-corrected chi connectivity index (χ0v) is 18.3. The summed E-state index contributed by atoms with van der Waals surface area (Å²) in [7, 11) is 0. The van der Waals surface area contributed by atoms with Crippen LogP contribution < -0.4 is 10.1 Å². The van der Waals surface area contributed by atoms with Crippen molar-refractivity contribution < 1.29 is 9.53 Å². The number of aromatic nitrogens is 2. The molecule has 0 bridgehead atoms. The minimum absolute atomic E-state index is 0.0543. The van der Waals surface area contributed by atoms with E-state index in [1.807, 2.05) is 17.0 Å². The van der Waals surface area contributed by atoms with Crippen molar-refractivity contribution >= 4 is 46.0 Å². The molecule has 0 atom stereocenters. The van der Waals surface area contributed by atoms with Gasteiger partial charge in [-0.25, -0.2) is 4.98 Å². The fraction of sp³-hybridized carbons (Fsp3) is 0.318. The van der Waals surface area contributed by atoms with E-state index in [4.69, 9.17) is 33.3 Å². The smallest absolute Gasteiger partial charge is 0.287 e. The topological polar surface area (TPSA) is 94.1 Å². The number of likely N-dealkylation sites (tertiary alicyclic amines) is 1. The van der Waals surface area contributed by atoms with Gasteiger partial charge in [-0.15, -0.1) is 0 Å². The predicted octanol–water partition coefficient (Wildman–Crippen LogP) is 4.51. The number of H-pyrrole nitrogens is 1. The maximum atomic E-state index is 12.6. The Morgan fingerprint density at radius 2 is 1.87 bits per heavy atom. The van der Waals surface area contributed by atoms with E-state index in [2.05, 4.69) is 15.3 Å². The standard InChI is InChI=1S/C22H23Cl2N5O2/c23-14-1-4-17(5-2-14)31-12-9-20(25)29-10-7-16(8-11-29)26-22(30)21-27-18-6-3-15(24)13-19(18)28-21/h1-6,13,16,25H,7-12H2,(H,26,30)(H,27,28). The van der Waals surface area contributed by atoms with Crippen molar-refractivity contribution in [3.63, 3.8) is 0 Å². The average molecular weight is 460 g/mol. The molecule has 0 unspecified atom stereocenters. The van der Waals surface area contributed by atoms with Crippen molar-refractivity contribution in [2.75, 3.05) is 19.7 Å². The summed E-state index contributed by atoms with van der Waals surface area (Å²) in [6.45, 7) is 1.88. The number of hydrogen-bond acceptors (Lipinski definition) is 4. The SMILES string of the molecule is N=C(CCOc1ccc(Cl)cc1)N1CCC(NC(=O)c2nc3ccc(Cl)cc3[nH]2)CC1. The number of hydrogen-bond donors (Lipinski definition) is 3. The summed E-state index contributed by atoms with van der Waals surface area (Å²) in [6.07, 6.45) is 2.08. The first-order chi connectivity index (χ1) is 15.0. The monoisotopic (exact) mass is 459 g/mol. The van der Waals surface area contributed by atoms with Gasteiger partial charge in [0.2, 0.25) is 0 Å². The highest BCUT2D eigenvalue weighted by atomic mass is 35.5. The molecule has 3 aromatic rings. The molecule has 1 saturated heterocycles. The van der Waals surface area contributed by atoms with Crippen LogP contribution in [0, 0.1) is 5.41 Å². The summed E-state index contributed by atoms with van der Waals surface area (Å²) < 4.78 is 5.68. The molecule has 31 heavy (non-hydrogen) atoms. The molecule has 0 spiro atoms. The van der Waals surface area contributed by atoms with Crippen LogP contribution >= 0.6 is 23.2 Å². The molecule has 162 valence electrons. The molecule has 4 rings (SSSR count). The van der Waals surface area contributed by atoms with E-state index < -0.39 is 0 Å². The van der Waals surface area contributed by atoms with Gasteiger partial charge in [-0.2, -0.15) is 0 Å². The Morgan fingerprint density at radius 3 is 2.61 bits per heavy atom. The predicted molar refractivity (Wildman–Crippen MR) is 122 cm³/mol. The first-order valence-corrected chi connectivity index (χ1v) is 10.9. The number of fused-ring (bicyclic) bond motifs is 1. The number of piperidine rings is 1. The lowest BCUT2D eigenvalue weighted by atomic mass is 10.0. The Morgan fingerprint density at radius 1 is 1.16 bits per heavy atom. The summed E-state index contributed by atoms with van der Waals surface area (Å²) >= 11 is 11.9. The molecule has 2 heterocycles. The molecule has 1 fully saturated rings. The van der Waals surface area contributed by atoms with Crippen LogP contribution in [0.2, 0.25) is 10.0 Å². The lowest BCUT2D eigenvalue weighted by Crippen LogP contribution is -2.46. The molecule has 2 aromatic carbocycles. The highest BCUT2D eigenvalue weighted by Gasteiger charge is 2.23. The van der Waals surface area contributed by atoms with Gasteiger partial charge in [0.15, 0.2) is 5.82 Å². The molecule has 7 nitrogen and oxygen atoms in total. The molecule has 1 amide bonds. The van der Waals surface area contributed by atoms with Gasteiger partial charge in [0.25, 0.3) is 5.91 Å². The number of nitrogens with one attached hydrogen (secondary N) is 3. The number of benzene rings is 2. The number of carbonyl (C=O) groups is 1. The van der Waals surface area contributed by atoms with Gasteiger partial charge in [-0.05, 0) is 55.3 Å². The summed E-state index contributed by atoms with van der Waals surface area (Å²) in [5, 5.41) is 12.6. The second-order valence-corrected chi connectivity index (χ2v) is 8.35. The van der Waals surface area contributed by atoms with Crippen molar-refractivity contribution in [3.8, 4) is 5.75 Å². The lowest BCUT2D eigenvalue weighted by molar-refractivity contribution is 0.0913. The third kappa shape index (κ3) is 5.48. The van der Waals surface area contributed by atoms with Gasteiger partial charge in [0.05, 0.1) is 23.5 Å². The molecule has 1 aliphatic heterocycles. The Labute approximate surface area is 190 Å². The van der Waals surface area contributed by atoms with Crippen LogP contribution in [0.15, 0.2) is 42.5 Å². The molecular formula is C22H23Cl2N5O2. The summed E-state index contributed by atoms with van der Waals surface area (Å²) in [6, 6.07) is 12.5. The van der Waals surface area contributed by atoms with Gasteiger partial charge in [0.1, 0.15) is 5.75 Å². The fourth-order valence-corrected chi connectivity index (χ4v) is 3.89. The third-order valence-electron chi connectivity index (χ3n) is 5.29. The molecule has 0 radical (unpaired) electrons. The largest absolute Gasteiger partial charge is 0.493 e. The first kappa shape index (κ1) is 21.5. The van der Waals surface area contributed by atoms with Crippen LogP contribution in [0.3, 0.4) is 0 Å². The minimum atomic E-state index is -0.225. The van der Waals surface area contributed by atoms with Crippen molar-refractivity contribution in [2.45, 2.75) is 25.3 Å². The second kappa shape index (κ2) is 9.58. The van der Waals surface area contributed by atoms with Crippen LogP contribution in [-0.2, 0) is 0 Å². The number of ether oxygens (including phenoxy) is 1. The highest BCUT2D eigenvalue weighted by Crippen LogP contribution is 2.19. The number of halogens is 2. The van der Waals surface area contributed by atoms with Crippen molar-refractivity contribution in [1.82, 2.24) is 20.2 Å². The van der Waals surface area contributed by atoms with E-state index in [1.165, 1.54) is 0 Å². The maximum Gasteiger partial charge on any atom is 0.287 e. The minimum Gasteiger partial charge on any atom is -0.493 e. The number of carbonyl (C=O) groups excluding carboxylic acids is 1. The van der Waals surface area contributed by atoms with E-state index in [0.717, 1.165) is 37.2 Å². The molecule has 3 N–H and O–H groups in total. The maximum absolute atomic E-state index is 12.6. The molecule has 1 aliphatic rings. The highest BCUT2D eigenvalue weighted by molar-refractivity contribution is 6.31. The quantitative estimate of drug-likeness (QED) is 0.373. The molecular weight excluding hydrogens is 437 g/mol. The number of nitrogens with zero attached hydrogens (tertiary/aromatic N) is 2. The normalized spacial score (nSPS) is 14.6. The van der Waals surface area contributed by atoms with Crippen molar-refractivity contribution in [3.05, 3.63) is 58.3 Å². The second-order valence-electron chi connectivity index (χ2n) is 7.48. The van der Waals surface area contributed by atoms with E-state index in [0.29, 0.717) is 34.4 Å². The zero-order chi connectivity index (χ0) is 21.8. The summed E-state index contributed by atoms with van der Waals surface area (Å²) in [4.78, 5) is 22.0. The van der Waals surface area contributed by atoms with E-state index in [1.54, 1.807) is 30.3 Å². The van der Waals surface area contributed by atoms with E-state index >= 15 is 0 Å². The van der Waals surface area contributed by atoms with Gasteiger partial charge in [-0.1, -0.05) is 23.2 Å². The molecule has 0 aliphatic carbocycles. The summed E-state index contributed by atoms with van der Waals surface area (Å²) in [5.41, 5.74) is 1.44. The summed E-state index contributed by atoms with van der Waals surface area (Å²) in [5.74, 6) is 1.35. The van der Waals surface area contributed by atoms with Crippen LogP contribution in [0.1, 0.15) is 29.9 Å². The van der Waals surface area contributed by atoms with Crippen molar-refractivity contribution in [1.29, 1.82) is 5.41 Å². The molecule has 0 saturated carbocycles. The number of rotatable bonds is 6. The van der Waals surface area contributed by atoms with E-state index in [-0.39, 0.29) is 17.8 Å². The molecule has 1 aromatic heterocycles. The third-order valence-corrected chi connectivity index (χ3v) is 5.78. The van der Waals surface area contributed by atoms with Crippen LogP contribution in [0.4, 0.5) is 0 Å². The van der Waals surface area contributed by atoms with Crippen LogP contribution in [0.25, 0.3) is 11.0 Å². The Balaban J connectivity index is 1.21. The lowest BCUT2D eigenvalue weighted by Gasteiger charge is -2.33. The number of amidine groups is 1. The Hall–Kier alpha value is -2.77.